The fourth-order valence-electron chi connectivity index (χ4n) is 4.21. The molecule has 2 atom stereocenters. The van der Waals surface area contributed by atoms with E-state index in [4.69, 9.17) is 9.47 Å². The Morgan fingerprint density at radius 2 is 1.79 bits per heavy atom. The summed E-state index contributed by atoms with van der Waals surface area (Å²) in [5.41, 5.74) is 1.33. The van der Waals surface area contributed by atoms with Crippen LogP contribution in [0.25, 0.3) is 0 Å². The molecule has 24 heavy (non-hydrogen) atoms. The lowest BCUT2D eigenvalue weighted by Gasteiger charge is -2.26. The van der Waals surface area contributed by atoms with Gasteiger partial charge in [0.2, 0.25) is 0 Å². The van der Waals surface area contributed by atoms with E-state index in [1.165, 1.54) is 31.7 Å². The molecule has 4 rings (SSSR count). The van der Waals surface area contributed by atoms with Gasteiger partial charge in [0.05, 0.1) is 13.2 Å². The Balaban J connectivity index is 1.29. The van der Waals surface area contributed by atoms with Crippen LogP contribution in [0.3, 0.4) is 0 Å². The minimum Gasteiger partial charge on any atom is -0.492 e. The molecule has 5 heteroatoms. The molecule has 3 aliphatic rings. The molecule has 0 bridgehead atoms. The summed E-state index contributed by atoms with van der Waals surface area (Å²) in [5.74, 6) is 2.75. The first-order chi connectivity index (χ1) is 11.9. The molecule has 1 aromatic rings. The number of morpholine rings is 1. The number of hydrogen-bond acceptors (Lipinski definition) is 5. The second-order valence-electron chi connectivity index (χ2n) is 7.28. The minimum atomic E-state index is 0.756. The van der Waals surface area contributed by atoms with Gasteiger partial charge in [0.1, 0.15) is 12.4 Å². The molecule has 3 fully saturated rings. The minimum absolute atomic E-state index is 0.756. The first kappa shape index (κ1) is 16.3. The molecule has 1 N–H and O–H groups in total. The van der Waals surface area contributed by atoms with Crippen molar-refractivity contribution in [2.24, 2.45) is 11.8 Å². The van der Waals surface area contributed by atoms with Crippen LogP contribution < -0.4 is 10.1 Å². The number of benzene rings is 1. The second-order valence-corrected chi connectivity index (χ2v) is 7.28. The Morgan fingerprint density at radius 3 is 2.58 bits per heavy atom. The van der Waals surface area contributed by atoms with E-state index in [2.05, 4.69) is 39.4 Å². The van der Waals surface area contributed by atoms with Crippen molar-refractivity contribution in [3.63, 3.8) is 0 Å². The van der Waals surface area contributed by atoms with Crippen molar-refractivity contribution in [2.75, 3.05) is 65.6 Å². The number of rotatable bonds is 6. The highest BCUT2D eigenvalue weighted by Gasteiger charge is 2.35. The monoisotopic (exact) mass is 331 g/mol. The average molecular weight is 331 g/mol. The van der Waals surface area contributed by atoms with Crippen LogP contribution in [0.5, 0.6) is 5.75 Å². The number of nitrogens with zero attached hydrogens (tertiary/aromatic N) is 2. The summed E-state index contributed by atoms with van der Waals surface area (Å²) in [7, 11) is 0. The van der Waals surface area contributed by atoms with Crippen molar-refractivity contribution in [3.05, 3.63) is 29.8 Å². The van der Waals surface area contributed by atoms with Crippen LogP contribution in [0.2, 0.25) is 0 Å². The van der Waals surface area contributed by atoms with Crippen molar-refractivity contribution in [3.8, 4) is 5.75 Å². The fraction of sp³-hybridized carbons (Fsp3) is 0.684. The normalized spacial score (nSPS) is 28.2. The summed E-state index contributed by atoms with van der Waals surface area (Å²) >= 11 is 0. The third kappa shape index (κ3) is 3.91. The highest BCUT2D eigenvalue weighted by atomic mass is 16.5. The lowest BCUT2D eigenvalue weighted by molar-refractivity contribution is 0.0321. The molecular weight excluding hydrogens is 302 g/mol. The van der Waals surface area contributed by atoms with Crippen LogP contribution >= 0.6 is 0 Å². The van der Waals surface area contributed by atoms with E-state index in [1.807, 2.05) is 0 Å². The van der Waals surface area contributed by atoms with E-state index in [0.29, 0.717) is 0 Å². The van der Waals surface area contributed by atoms with Gasteiger partial charge in [-0.1, -0.05) is 18.2 Å². The molecule has 3 heterocycles. The van der Waals surface area contributed by atoms with Crippen LogP contribution in [0.4, 0.5) is 0 Å². The first-order valence-electron chi connectivity index (χ1n) is 9.32. The number of nitrogens with one attached hydrogen (secondary N) is 1. The number of para-hydroxylation sites is 1. The van der Waals surface area contributed by atoms with Crippen LogP contribution in [-0.2, 0) is 11.3 Å². The van der Waals surface area contributed by atoms with Crippen molar-refractivity contribution in [2.45, 2.75) is 6.54 Å². The van der Waals surface area contributed by atoms with Crippen molar-refractivity contribution >= 4 is 0 Å². The molecular formula is C19H29N3O2. The largest absolute Gasteiger partial charge is 0.492 e. The maximum atomic E-state index is 6.12. The number of fused-ring (bicyclic) bond motifs is 1. The Labute approximate surface area is 144 Å². The molecule has 3 saturated heterocycles. The summed E-state index contributed by atoms with van der Waals surface area (Å²) in [4.78, 5) is 5.01. The van der Waals surface area contributed by atoms with E-state index < -0.39 is 0 Å². The van der Waals surface area contributed by atoms with Crippen molar-refractivity contribution in [1.82, 2.24) is 15.1 Å². The fourth-order valence-corrected chi connectivity index (χ4v) is 4.21. The molecule has 1 aromatic carbocycles. The van der Waals surface area contributed by atoms with Crippen LogP contribution in [0.15, 0.2) is 24.3 Å². The molecule has 0 saturated carbocycles. The molecule has 0 unspecified atom stereocenters. The smallest absolute Gasteiger partial charge is 0.123 e. The van der Waals surface area contributed by atoms with Crippen LogP contribution in [0, 0.1) is 11.8 Å². The molecule has 132 valence electrons. The van der Waals surface area contributed by atoms with Gasteiger partial charge < -0.3 is 14.8 Å². The molecule has 5 nitrogen and oxygen atoms in total. The van der Waals surface area contributed by atoms with E-state index in [0.717, 1.165) is 63.6 Å². The second kappa shape index (κ2) is 7.83. The maximum absolute atomic E-state index is 6.12. The van der Waals surface area contributed by atoms with Gasteiger partial charge in [0, 0.05) is 44.8 Å². The zero-order valence-corrected chi connectivity index (χ0v) is 14.5. The summed E-state index contributed by atoms with van der Waals surface area (Å²) in [6.07, 6.45) is 0. The Hall–Kier alpha value is -1.14. The topological polar surface area (TPSA) is 37.0 Å². The van der Waals surface area contributed by atoms with E-state index in [1.54, 1.807) is 0 Å². The van der Waals surface area contributed by atoms with Gasteiger partial charge in [0.25, 0.3) is 0 Å². The van der Waals surface area contributed by atoms with Gasteiger partial charge in [-0.15, -0.1) is 0 Å². The van der Waals surface area contributed by atoms with E-state index >= 15 is 0 Å². The predicted molar refractivity (Wildman–Crippen MR) is 94.3 cm³/mol. The van der Waals surface area contributed by atoms with Gasteiger partial charge in [-0.2, -0.15) is 0 Å². The molecule has 0 aromatic heterocycles. The summed E-state index contributed by atoms with van der Waals surface area (Å²) in [6, 6.07) is 8.54. The summed E-state index contributed by atoms with van der Waals surface area (Å²) < 4.78 is 11.5. The molecule has 0 amide bonds. The predicted octanol–water partition coefficient (Wildman–Crippen LogP) is 1.05. The quantitative estimate of drug-likeness (QED) is 0.843. The number of likely N-dealkylation sites (tertiary alicyclic amines) is 1. The van der Waals surface area contributed by atoms with Gasteiger partial charge in [0.15, 0.2) is 0 Å². The molecule has 3 aliphatic heterocycles. The maximum Gasteiger partial charge on any atom is 0.123 e. The Kier molecular flexibility index (Phi) is 5.33. The molecule has 0 radical (unpaired) electrons. The van der Waals surface area contributed by atoms with Crippen molar-refractivity contribution < 1.29 is 9.47 Å². The van der Waals surface area contributed by atoms with Gasteiger partial charge >= 0.3 is 0 Å². The first-order valence-corrected chi connectivity index (χ1v) is 9.32. The third-order valence-corrected chi connectivity index (χ3v) is 5.60. The van der Waals surface area contributed by atoms with Gasteiger partial charge in [-0.25, -0.2) is 0 Å². The van der Waals surface area contributed by atoms with E-state index in [-0.39, 0.29) is 0 Å². The van der Waals surface area contributed by atoms with Gasteiger partial charge in [-0.05, 0) is 31.0 Å². The summed E-state index contributed by atoms with van der Waals surface area (Å²) in [6.45, 7) is 11.3. The highest BCUT2D eigenvalue weighted by molar-refractivity contribution is 5.33. The van der Waals surface area contributed by atoms with Crippen LogP contribution in [-0.4, -0.2) is 75.4 Å². The Bertz CT molecular complexity index is 521. The number of ether oxygens (including phenoxy) is 2. The third-order valence-electron chi connectivity index (χ3n) is 5.60. The summed E-state index contributed by atoms with van der Waals surface area (Å²) in [5, 5.41) is 3.51. The lowest BCUT2D eigenvalue weighted by Crippen LogP contribution is -2.38. The van der Waals surface area contributed by atoms with Crippen molar-refractivity contribution in [1.29, 1.82) is 0 Å². The zero-order valence-electron chi connectivity index (χ0n) is 14.5. The van der Waals surface area contributed by atoms with Gasteiger partial charge in [-0.3, -0.25) is 9.80 Å². The van der Waals surface area contributed by atoms with E-state index in [9.17, 15) is 0 Å². The highest BCUT2D eigenvalue weighted by Crippen LogP contribution is 2.29. The SMILES string of the molecule is c1ccc(OCCN2CCOCC2)c(CN2C[C@H]3CNC[C@H]3C2)c1. The average Bonchev–Trinajstić information content (AvgIpc) is 3.19. The standard InChI is InChI=1S/C19H29N3O2/c1-2-4-19(24-10-7-21-5-8-23-9-6-21)16(3-1)13-22-14-17-11-20-12-18(17)15-22/h1-4,17-18,20H,5-15H2/t17-,18+. The Morgan fingerprint density at radius 1 is 1.04 bits per heavy atom. The zero-order chi connectivity index (χ0) is 16.2. The molecule has 0 aliphatic carbocycles. The molecule has 0 spiro atoms. The lowest BCUT2D eigenvalue weighted by atomic mass is 10.0. The number of hydrogen-bond donors (Lipinski definition) is 1. The van der Waals surface area contributed by atoms with Crippen LogP contribution in [0.1, 0.15) is 5.56 Å².